The summed E-state index contributed by atoms with van der Waals surface area (Å²) in [4.78, 5) is 5.33. The second-order valence-corrected chi connectivity index (χ2v) is 25.5. The molecule has 0 atom stereocenters. The Balaban J connectivity index is 1.11. The number of pyridine rings is 1. The molecule has 424 valence electrons. The van der Waals surface area contributed by atoms with Crippen molar-refractivity contribution >= 4 is 139 Å². The second-order valence-electron chi connectivity index (χ2n) is 17.5. The first-order valence-corrected chi connectivity index (χ1v) is 31.1. The Morgan fingerprint density at radius 2 is 1.11 bits per heavy atom. The van der Waals surface area contributed by atoms with E-state index in [9.17, 15) is 70.1 Å². The highest BCUT2D eigenvalue weighted by Crippen LogP contribution is 2.45. The summed E-state index contributed by atoms with van der Waals surface area (Å²) in [6.07, 6.45) is 0. The first-order chi connectivity index (χ1) is 39.0. The minimum Gasteiger partial charge on any atom is -0.494 e. The molecule has 0 aliphatic carbocycles. The van der Waals surface area contributed by atoms with E-state index in [0.717, 1.165) is 58.5 Å². The van der Waals surface area contributed by atoms with Gasteiger partial charge in [0, 0.05) is 39.3 Å². The Morgan fingerprint density at radius 3 is 1.69 bits per heavy atom. The number of hydrogen-bond acceptors (Lipinski definition) is 23. The summed E-state index contributed by atoms with van der Waals surface area (Å²) in [5, 5.41) is 43.4. The zero-order valence-corrected chi connectivity index (χ0v) is 47.2. The molecule has 0 bridgehead atoms. The standard InChI is InChI=1S/C50H37N11O16S6/c1-26-18-41(42(77-3)24-40(26)57-56-33-20-37-38(43(21-33)82(71,72)73)22-36(81(68,69)70)23-44(37)83(74,75)76)58-60-49-46(30-9-8-28-6-4-5-7-29(28)19-30)54-50(78-49)61-59-45-27(2)39(25-51)47(52-31-10-14-34(15-11-31)79(62,63)64)55-48(45)53-32-12-16-35(17-13-32)80(65,66)67/h4-24H,1-3H3,(H2,52,53,55)(H,62,63,64)(H,65,66,67)(H,68,69,70)(H,71,72,73)(H,74,75,76)/b57-56+,60-58+,61-59+. The first-order valence-electron chi connectivity index (χ1n) is 23.1. The van der Waals surface area contributed by atoms with Crippen LogP contribution in [0, 0.1) is 25.2 Å². The topological polar surface area (TPSA) is 429 Å². The average molecular weight is 1240 g/mol. The quantitative estimate of drug-likeness (QED) is 0.0329. The molecule has 0 spiro atoms. The monoisotopic (exact) mass is 1240 g/mol. The van der Waals surface area contributed by atoms with Crippen LogP contribution in [-0.2, 0) is 50.6 Å². The van der Waals surface area contributed by atoms with Crippen molar-refractivity contribution in [2.75, 3.05) is 17.7 Å². The molecule has 0 saturated carbocycles. The molecule has 2 heterocycles. The van der Waals surface area contributed by atoms with Crippen LogP contribution in [-0.4, -0.2) is 81.9 Å². The van der Waals surface area contributed by atoms with E-state index in [4.69, 9.17) is 9.72 Å². The van der Waals surface area contributed by atoms with Crippen LogP contribution in [0.2, 0.25) is 0 Å². The highest BCUT2D eigenvalue weighted by molar-refractivity contribution is 7.87. The van der Waals surface area contributed by atoms with E-state index in [1.54, 1.807) is 19.9 Å². The summed E-state index contributed by atoms with van der Waals surface area (Å²) in [6.45, 7) is 3.14. The normalized spacial score (nSPS) is 12.7. The lowest BCUT2D eigenvalue weighted by Crippen LogP contribution is -2.07. The molecule has 27 nitrogen and oxygen atoms in total. The Hall–Kier alpha value is -8.92. The number of azo groups is 3. The van der Waals surface area contributed by atoms with Crippen molar-refractivity contribution in [3.05, 3.63) is 144 Å². The van der Waals surface area contributed by atoms with Crippen LogP contribution in [0.3, 0.4) is 0 Å². The van der Waals surface area contributed by atoms with Gasteiger partial charge in [-0.3, -0.25) is 22.8 Å². The number of methoxy groups -OCH3 is 1. The Kier molecular flexibility index (Phi) is 15.9. The maximum Gasteiger partial charge on any atom is 0.295 e. The van der Waals surface area contributed by atoms with Gasteiger partial charge in [0.05, 0.1) is 38.7 Å². The SMILES string of the molecule is COc1cc(/N=N/c2cc(S(=O)(=O)O)c3cc(S(=O)(=O)O)cc(S(=O)(=O)O)c3c2)c(C)cc1/N=N/c1sc(/N=N/c2c(Nc3ccc(S(=O)(=O)O)cc3)nc(Nc3ccc(S(=O)(=O)O)cc3)c(C#N)c2C)nc1-c1ccc2ccccc2c1. The first kappa shape index (κ1) is 58.7. The van der Waals surface area contributed by atoms with Gasteiger partial charge in [0.1, 0.15) is 38.7 Å². The van der Waals surface area contributed by atoms with Crippen LogP contribution in [0.5, 0.6) is 5.75 Å². The van der Waals surface area contributed by atoms with E-state index >= 15 is 0 Å². The third-order valence-corrected chi connectivity index (χ3v) is 17.2. The van der Waals surface area contributed by atoms with Gasteiger partial charge in [-0.15, -0.1) is 20.5 Å². The van der Waals surface area contributed by atoms with Gasteiger partial charge in [-0.25, -0.2) is 9.97 Å². The van der Waals surface area contributed by atoms with Crippen molar-refractivity contribution in [1.29, 1.82) is 5.26 Å². The zero-order valence-electron chi connectivity index (χ0n) is 42.3. The molecule has 9 rings (SSSR count). The third kappa shape index (κ3) is 13.1. The molecule has 0 fully saturated rings. The van der Waals surface area contributed by atoms with E-state index in [1.165, 1.54) is 43.5 Å². The summed E-state index contributed by atoms with van der Waals surface area (Å²) >= 11 is 0.948. The number of aromatic nitrogens is 2. The molecule has 7 N–H and O–H groups in total. The molecule has 33 heteroatoms. The number of ether oxygens (including phenoxy) is 1. The number of nitriles is 1. The van der Waals surface area contributed by atoms with Gasteiger partial charge in [-0.05, 0) is 115 Å². The Labute approximate surface area is 475 Å². The maximum absolute atomic E-state index is 12.6. The van der Waals surface area contributed by atoms with Gasteiger partial charge >= 0.3 is 0 Å². The van der Waals surface area contributed by atoms with Gasteiger partial charge in [-0.2, -0.15) is 57.6 Å². The fraction of sp³-hybridized carbons (Fsp3) is 0.0600. The number of aryl methyl sites for hydroxylation is 1. The van der Waals surface area contributed by atoms with Crippen LogP contribution in [0.4, 0.5) is 55.9 Å². The Bertz CT molecular complexity index is 4900. The third-order valence-electron chi connectivity index (χ3n) is 12.0. The van der Waals surface area contributed by atoms with Crippen molar-refractivity contribution in [3.8, 4) is 23.1 Å². The second kappa shape index (κ2) is 22.4. The van der Waals surface area contributed by atoms with E-state index < -0.39 is 86.6 Å². The predicted octanol–water partition coefficient (Wildman–Crippen LogP) is 12.0. The lowest BCUT2D eigenvalue weighted by molar-refractivity contribution is 0.416. The lowest BCUT2D eigenvalue weighted by Gasteiger charge is -2.16. The number of anilines is 4. The van der Waals surface area contributed by atoms with E-state index in [1.807, 2.05) is 36.4 Å². The molecule has 0 aliphatic rings. The molecule has 9 aromatic rings. The predicted molar refractivity (Wildman–Crippen MR) is 301 cm³/mol. The van der Waals surface area contributed by atoms with E-state index in [2.05, 4.69) is 52.4 Å². The maximum atomic E-state index is 12.6. The summed E-state index contributed by atoms with van der Waals surface area (Å²) in [5.41, 5.74) is 1.82. The number of hydrogen-bond donors (Lipinski definition) is 7. The molecule has 0 aliphatic heterocycles. The highest BCUT2D eigenvalue weighted by Gasteiger charge is 2.27. The van der Waals surface area contributed by atoms with Crippen LogP contribution in [0.15, 0.2) is 183 Å². The molecule has 0 saturated heterocycles. The molecule has 2 aromatic heterocycles. The molecule has 0 radical (unpaired) electrons. The number of fused-ring (bicyclic) bond motifs is 2. The van der Waals surface area contributed by atoms with Gasteiger partial charge in [0.25, 0.3) is 50.6 Å². The molecule has 0 unspecified atom stereocenters. The molecular formula is C50H37N11O16S6. The fourth-order valence-electron chi connectivity index (χ4n) is 8.07. The number of rotatable bonds is 17. The molecule has 7 aromatic carbocycles. The van der Waals surface area contributed by atoms with E-state index in [0.29, 0.717) is 29.0 Å². The Morgan fingerprint density at radius 1 is 0.542 bits per heavy atom. The lowest BCUT2D eigenvalue weighted by atomic mass is 10.1. The van der Waals surface area contributed by atoms with Gasteiger partial charge in [-0.1, -0.05) is 47.7 Å². The zero-order chi connectivity index (χ0) is 60.0. The van der Waals surface area contributed by atoms with Crippen LogP contribution < -0.4 is 15.4 Å². The highest BCUT2D eigenvalue weighted by atomic mass is 32.2. The van der Waals surface area contributed by atoms with Crippen LogP contribution in [0.1, 0.15) is 16.7 Å². The van der Waals surface area contributed by atoms with Crippen LogP contribution in [0.25, 0.3) is 32.8 Å². The van der Waals surface area contributed by atoms with Crippen molar-refractivity contribution in [1.82, 2.24) is 9.97 Å². The molecular weight excluding hydrogens is 1200 g/mol. The molecule has 0 amide bonds. The minimum absolute atomic E-state index is 0.00682. The van der Waals surface area contributed by atoms with Gasteiger partial charge in [0.15, 0.2) is 16.6 Å². The van der Waals surface area contributed by atoms with E-state index in [-0.39, 0.29) is 72.0 Å². The number of nitrogens with one attached hydrogen (secondary N) is 2. The summed E-state index contributed by atoms with van der Waals surface area (Å²) < 4.78 is 175. The van der Waals surface area contributed by atoms with Crippen molar-refractivity contribution < 1.29 is 69.6 Å². The van der Waals surface area contributed by atoms with Crippen molar-refractivity contribution in [3.63, 3.8) is 0 Å². The van der Waals surface area contributed by atoms with Gasteiger partial charge in [0.2, 0.25) is 5.13 Å². The summed E-state index contributed by atoms with van der Waals surface area (Å²) in [6, 6.07) is 30.6. The average Bonchev–Trinajstić information content (AvgIpc) is 2.37. The number of thiazole rings is 1. The largest absolute Gasteiger partial charge is 0.494 e. The molecule has 83 heavy (non-hydrogen) atoms. The van der Waals surface area contributed by atoms with Gasteiger partial charge < -0.3 is 15.4 Å². The summed E-state index contributed by atoms with van der Waals surface area (Å²) in [5.74, 6) is 0.0162. The van der Waals surface area contributed by atoms with Crippen molar-refractivity contribution in [2.45, 2.75) is 38.3 Å². The summed E-state index contributed by atoms with van der Waals surface area (Å²) in [7, 11) is -23.5. The number of nitrogens with zero attached hydrogens (tertiary/aromatic N) is 9. The smallest absolute Gasteiger partial charge is 0.295 e. The number of benzene rings is 7. The fourth-order valence-corrected chi connectivity index (χ4v) is 11.8. The minimum atomic E-state index is -5.30. The van der Waals surface area contributed by atoms with Crippen molar-refractivity contribution in [2.24, 2.45) is 30.7 Å². The van der Waals surface area contributed by atoms with Crippen LogP contribution >= 0.6 is 11.3 Å².